The van der Waals surface area contributed by atoms with Crippen LogP contribution in [0.1, 0.15) is 227 Å². The van der Waals surface area contributed by atoms with Crippen molar-refractivity contribution in [3.05, 3.63) is 11.6 Å². The Morgan fingerprint density at radius 2 is 0.986 bits per heavy atom. The van der Waals surface area contributed by atoms with Crippen LogP contribution in [0.3, 0.4) is 0 Å². The number of aliphatic hydroxyl groups is 5. The molecule has 406 valence electrons. The van der Waals surface area contributed by atoms with Crippen LogP contribution in [0, 0.1) is 5.92 Å². The van der Waals surface area contributed by atoms with Crippen LogP contribution in [-0.4, -0.2) is 117 Å². The molecule has 0 spiro atoms. The van der Waals surface area contributed by atoms with Crippen LogP contribution in [0.15, 0.2) is 11.6 Å². The van der Waals surface area contributed by atoms with Crippen molar-refractivity contribution < 1.29 is 77.6 Å². The zero-order valence-electron chi connectivity index (χ0n) is 42.9. The van der Waals surface area contributed by atoms with Gasteiger partial charge in [-0.1, -0.05) is 212 Å². The highest BCUT2D eigenvalue weighted by Crippen LogP contribution is 2.34. The molecule has 2 aliphatic heterocycles. The van der Waals surface area contributed by atoms with E-state index in [1.807, 2.05) is 13.0 Å². The Kier molecular flexibility index (Phi) is 37.8. The van der Waals surface area contributed by atoms with Crippen molar-refractivity contribution in [1.29, 1.82) is 0 Å². The fourth-order valence-corrected chi connectivity index (χ4v) is 9.58. The molecule has 2 fully saturated rings. The summed E-state index contributed by atoms with van der Waals surface area (Å²) in [6.45, 7) is 6.62. The molecule has 69 heavy (non-hydrogen) atoms. The fraction of sp³-hybridized carbons (Fsp3) is 0.923. The number of hydrogen-bond donors (Lipinski definition) is 6. The van der Waals surface area contributed by atoms with Crippen molar-refractivity contribution in [2.75, 3.05) is 13.2 Å². The van der Waals surface area contributed by atoms with Gasteiger partial charge in [-0.2, -0.15) is 0 Å². The van der Waals surface area contributed by atoms with Crippen molar-refractivity contribution in [3.8, 4) is 0 Å². The molecule has 0 amide bonds. The number of carbonyl (C=O) groups excluding carboxylic acids is 2. The molecule has 2 heterocycles. The number of hydrogen-bond acceptors (Lipinski definition) is 17. The average molecular weight is 1010 g/mol. The van der Waals surface area contributed by atoms with E-state index in [0.717, 1.165) is 44.9 Å². The van der Waals surface area contributed by atoms with E-state index in [9.17, 15) is 35.1 Å². The number of carbonyl (C=O) groups is 2. The second-order valence-corrected chi connectivity index (χ2v) is 20.0. The second-order valence-electron chi connectivity index (χ2n) is 19.6. The van der Waals surface area contributed by atoms with E-state index in [4.69, 9.17) is 33.1 Å². The molecule has 0 aromatic heterocycles. The first-order valence-corrected chi connectivity index (χ1v) is 27.8. The van der Waals surface area contributed by atoms with Gasteiger partial charge in [-0.15, -0.1) is 4.33 Å². The third-order valence-electron chi connectivity index (χ3n) is 13.5. The van der Waals surface area contributed by atoms with E-state index in [1.165, 1.54) is 141 Å². The lowest BCUT2D eigenvalue weighted by Gasteiger charge is -2.46. The highest BCUT2D eigenvalue weighted by atomic mass is 32.2. The third-order valence-corrected chi connectivity index (χ3v) is 13.9. The maximum Gasteiger partial charge on any atom is 0.333 e. The van der Waals surface area contributed by atoms with Crippen molar-refractivity contribution >= 4 is 24.3 Å². The summed E-state index contributed by atoms with van der Waals surface area (Å²) in [5, 5.41) is 65.6. The molecular weight excluding hydrogens is 913 g/mol. The Hall–Kier alpha value is -1.45. The molecule has 0 saturated carbocycles. The second kappa shape index (κ2) is 41.0. The van der Waals surface area contributed by atoms with E-state index >= 15 is 0 Å². The van der Waals surface area contributed by atoms with E-state index < -0.39 is 86.6 Å². The summed E-state index contributed by atoms with van der Waals surface area (Å²) >= 11 is 0.0728. The molecule has 0 bridgehead atoms. The first-order chi connectivity index (χ1) is 33.5. The van der Waals surface area contributed by atoms with Gasteiger partial charge in [0.05, 0.1) is 13.2 Å². The smallest absolute Gasteiger partial charge is 0.333 e. The Morgan fingerprint density at radius 3 is 1.43 bits per heavy atom. The lowest BCUT2D eigenvalue weighted by molar-refractivity contribution is -0.435. The quantitative estimate of drug-likeness (QED) is 0.00833. The Balaban J connectivity index is 2.01. The largest absolute Gasteiger partial charge is 0.453 e. The highest BCUT2D eigenvalue weighted by Gasteiger charge is 2.54. The van der Waals surface area contributed by atoms with Crippen LogP contribution in [0.4, 0.5) is 0 Å². The summed E-state index contributed by atoms with van der Waals surface area (Å²) in [4.78, 5) is 27.2. The van der Waals surface area contributed by atoms with Crippen LogP contribution in [0.5, 0.6) is 0 Å². The molecule has 2 rings (SSSR count). The number of unbranched alkanes of at least 4 members (excludes halogenated alkanes) is 27. The zero-order valence-corrected chi connectivity index (χ0v) is 43.8. The Bertz CT molecular complexity index is 1300. The van der Waals surface area contributed by atoms with Crippen LogP contribution >= 0.6 is 12.3 Å². The Morgan fingerprint density at radius 1 is 0.565 bits per heavy atom. The normalized spacial score (nSPS) is 25.7. The molecule has 0 radical (unpaired) electrons. The molecule has 11 atom stereocenters. The molecule has 0 aromatic carbocycles. The van der Waals surface area contributed by atoms with Crippen molar-refractivity contribution in [2.45, 2.75) is 288 Å². The average Bonchev–Trinajstić information content (AvgIpc) is 3.33. The van der Waals surface area contributed by atoms with Gasteiger partial charge in [0, 0.05) is 12.0 Å². The van der Waals surface area contributed by atoms with Gasteiger partial charge in [-0.05, 0) is 25.7 Å². The van der Waals surface area contributed by atoms with Crippen LogP contribution in [-0.2, 0) is 46.8 Å². The van der Waals surface area contributed by atoms with Gasteiger partial charge in [-0.3, -0.25) is 8.98 Å². The van der Waals surface area contributed by atoms with Crippen molar-refractivity contribution in [3.63, 3.8) is 0 Å². The molecule has 2 aliphatic rings. The van der Waals surface area contributed by atoms with Gasteiger partial charge in [0.2, 0.25) is 6.29 Å². The Labute approximate surface area is 419 Å². The van der Waals surface area contributed by atoms with Crippen LogP contribution in [0.25, 0.3) is 0 Å². The standard InChI is InChI=1S/C52H96O16S/c1-5-7-9-11-13-15-17-19-20-21-23-24-26-28-30-32-34-39(3)36-40(4)50(59)64-48-45(57)42(38-54)62-52(65-51-46(58)47(66-69-68-67-60)44(56)41(37-53)61-51)49(48)63-43(55)35-33-31-29-27-25-22-18-16-14-12-10-8-6-2/h36,39,41-42,44-49,51-54,56-58,60H,5-35,37-38H2,1-4H3/t39-,41?,42?,44?,45?,46?,47?,48?,49?,51?,52?/m0/s1. The fourth-order valence-electron chi connectivity index (χ4n) is 9.20. The van der Waals surface area contributed by atoms with Crippen LogP contribution < -0.4 is 0 Å². The number of rotatable bonds is 43. The first-order valence-electron chi connectivity index (χ1n) is 27.1. The van der Waals surface area contributed by atoms with Gasteiger partial charge >= 0.3 is 11.9 Å². The summed E-state index contributed by atoms with van der Waals surface area (Å²) in [5.41, 5.74) is 0.283. The minimum atomic E-state index is -1.81. The topological polar surface area (TPSA) is 229 Å². The van der Waals surface area contributed by atoms with Gasteiger partial charge in [0.15, 0.2) is 30.8 Å². The number of allylic oxidation sites excluding steroid dienone is 1. The molecule has 2 saturated heterocycles. The minimum absolute atomic E-state index is 0.0123. The maximum absolute atomic E-state index is 13.7. The molecule has 0 aliphatic carbocycles. The molecule has 6 N–H and O–H groups in total. The molecule has 17 heteroatoms. The minimum Gasteiger partial charge on any atom is -0.453 e. The summed E-state index contributed by atoms with van der Waals surface area (Å²) in [6, 6.07) is 0. The van der Waals surface area contributed by atoms with Gasteiger partial charge < -0.3 is 49.2 Å². The zero-order chi connectivity index (χ0) is 50.5. The van der Waals surface area contributed by atoms with E-state index in [0.29, 0.717) is 6.42 Å². The summed E-state index contributed by atoms with van der Waals surface area (Å²) in [5.74, 6) is -1.40. The molecular formula is C52H96O16S. The summed E-state index contributed by atoms with van der Waals surface area (Å²) in [7, 11) is 0. The number of ether oxygens (including phenoxy) is 5. The number of esters is 2. The van der Waals surface area contributed by atoms with E-state index in [2.05, 4.69) is 23.2 Å². The monoisotopic (exact) mass is 1010 g/mol. The number of aliphatic hydroxyl groups excluding tert-OH is 5. The third kappa shape index (κ3) is 27.4. The van der Waals surface area contributed by atoms with Gasteiger partial charge in [0.1, 0.15) is 36.6 Å². The predicted octanol–water partition coefficient (Wildman–Crippen LogP) is 10.4. The van der Waals surface area contributed by atoms with E-state index in [1.54, 1.807) is 6.92 Å². The van der Waals surface area contributed by atoms with Crippen molar-refractivity contribution in [2.24, 2.45) is 5.92 Å². The molecule has 0 aromatic rings. The lowest BCUT2D eigenvalue weighted by atomic mass is 9.97. The van der Waals surface area contributed by atoms with Gasteiger partial charge in [0.25, 0.3) is 0 Å². The molecule has 16 nitrogen and oxygen atoms in total. The molecule has 10 unspecified atom stereocenters. The predicted molar refractivity (Wildman–Crippen MR) is 265 cm³/mol. The SMILES string of the molecule is CCCCCCCCCCCCCCCCCC[C@H](C)C=C(C)C(=O)OC1C(O)C(CO)OC(OC2OC(CO)C(O)C(OSOOO)C2O)C1OC(=O)CCCCCCCCCCCCCCC. The maximum atomic E-state index is 13.7. The first kappa shape index (κ1) is 63.7. The van der Waals surface area contributed by atoms with E-state index in [-0.39, 0.29) is 30.2 Å². The van der Waals surface area contributed by atoms with Crippen LogP contribution in [0.2, 0.25) is 0 Å². The highest BCUT2D eigenvalue weighted by molar-refractivity contribution is 7.89. The van der Waals surface area contributed by atoms with Gasteiger partial charge in [-0.25, -0.2) is 10.1 Å². The lowest BCUT2D eigenvalue weighted by Crippen LogP contribution is -2.65. The summed E-state index contributed by atoms with van der Waals surface area (Å²) in [6.07, 6.45) is 21.9. The van der Waals surface area contributed by atoms with Crippen molar-refractivity contribution in [1.82, 2.24) is 0 Å². The summed E-state index contributed by atoms with van der Waals surface area (Å²) < 4.78 is 38.8.